The zero-order chi connectivity index (χ0) is 15.8. The first-order valence-electron chi connectivity index (χ1n) is 5.21. The molecule has 0 bridgehead atoms. The molecule has 2 aromatic heterocycles. The summed E-state index contributed by atoms with van der Waals surface area (Å²) < 4.78 is 38.4. The van der Waals surface area contributed by atoms with Crippen LogP contribution in [0.5, 0.6) is 0 Å². The van der Waals surface area contributed by atoms with Gasteiger partial charge in [0.2, 0.25) is 0 Å². The summed E-state index contributed by atoms with van der Waals surface area (Å²) in [6, 6.07) is 1.21. The lowest BCUT2D eigenvalue weighted by atomic mass is 10.2. The number of alkyl halides is 3. The number of carboxylic acids is 1. The molecule has 0 saturated carbocycles. The minimum Gasteiger partial charge on any atom is -0.478 e. The van der Waals surface area contributed by atoms with Crippen molar-refractivity contribution in [2.24, 2.45) is 0 Å². The Morgan fingerprint density at radius 3 is 2.52 bits per heavy atom. The smallest absolute Gasteiger partial charge is 0.433 e. The minimum absolute atomic E-state index is 0.505. The third-order valence-electron chi connectivity index (χ3n) is 2.39. The van der Waals surface area contributed by atoms with Gasteiger partial charge in [0.1, 0.15) is 23.7 Å². The zero-order valence-electron chi connectivity index (χ0n) is 9.90. The first-order chi connectivity index (χ1) is 9.70. The van der Waals surface area contributed by atoms with E-state index in [4.69, 9.17) is 5.11 Å². The second-order valence-electron chi connectivity index (χ2n) is 3.77. The van der Waals surface area contributed by atoms with Crippen molar-refractivity contribution in [3.63, 3.8) is 0 Å². The minimum atomic E-state index is -4.79. The molecule has 0 aliphatic heterocycles. The number of carbonyl (C=O) groups is 1. The summed E-state index contributed by atoms with van der Waals surface area (Å²) in [4.78, 5) is 23.9. The Labute approximate surface area is 113 Å². The van der Waals surface area contributed by atoms with Gasteiger partial charge in [-0.05, 0) is 12.1 Å². The Kier molecular flexibility index (Phi) is 3.33. The second kappa shape index (κ2) is 4.85. The molecule has 0 spiro atoms. The summed E-state index contributed by atoms with van der Waals surface area (Å²) in [6.07, 6.45) is -3.24. The van der Waals surface area contributed by atoms with E-state index in [0.29, 0.717) is 16.8 Å². The van der Waals surface area contributed by atoms with Crippen LogP contribution in [0.3, 0.4) is 0 Å². The number of aromatic carboxylic acids is 1. The van der Waals surface area contributed by atoms with E-state index in [1.807, 2.05) is 0 Å². The molecule has 110 valence electrons. The highest BCUT2D eigenvalue weighted by Gasteiger charge is 2.34. The van der Waals surface area contributed by atoms with Gasteiger partial charge in [-0.2, -0.15) is 18.3 Å². The molecule has 2 aromatic rings. The first-order valence-corrected chi connectivity index (χ1v) is 5.21. The van der Waals surface area contributed by atoms with Gasteiger partial charge in [0.25, 0.3) is 0 Å². The maximum absolute atomic E-state index is 12.6. The molecule has 0 aromatic carbocycles. The Bertz CT molecular complexity index is 725. The van der Waals surface area contributed by atoms with Crippen LogP contribution >= 0.6 is 0 Å². The topological polar surface area (TPSA) is 111 Å². The number of pyridine rings is 1. The maximum Gasteiger partial charge on any atom is 0.433 e. The van der Waals surface area contributed by atoms with Crippen molar-refractivity contribution in [1.29, 1.82) is 0 Å². The second-order valence-corrected chi connectivity index (χ2v) is 3.77. The molecule has 2 heterocycles. The zero-order valence-corrected chi connectivity index (χ0v) is 9.90. The number of hydrogen-bond acceptors (Lipinski definition) is 5. The van der Waals surface area contributed by atoms with E-state index in [1.165, 1.54) is 0 Å². The number of aromatic nitrogens is 3. The van der Waals surface area contributed by atoms with Gasteiger partial charge in [-0.25, -0.2) is 14.5 Å². The number of halogens is 3. The van der Waals surface area contributed by atoms with Crippen molar-refractivity contribution in [3.05, 3.63) is 45.9 Å². The number of nitro groups is 1. The number of nitrogens with zero attached hydrogens (tertiary/aromatic N) is 4. The summed E-state index contributed by atoms with van der Waals surface area (Å²) in [6.45, 7) is 0. The molecule has 0 aliphatic carbocycles. The van der Waals surface area contributed by atoms with Crippen molar-refractivity contribution >= 4 is 11.7 Å². The molecular weight excluding hydrogens is 297 g/mol. The highest BCUT2D eigenvalue weighted by molar-refractivity contribution is 5.91. The predicted octanol–water partition coefficient (Wildman–Crippen LogP) is 1.89. The fourth-order valence-corrected chi connectivity index (χ4v) is 1.47. The fourth-order valence-electron chi connectivity index (χ4n) is 1.47. The maximum atomic E-state index is 12.6. The van der Waals surface area contributed by atoms with E-state index < -0.39 is 39.8 Å². The van der Waals surface area contributed by atoms with Crippen LogP contribution < -0.4 is 0 Å². The van der Waals surface area contributed by atoms with Crippen molar-refractivity contribution in [2.75, 3.05) is 0 Å². The molecular formula is C10H5F3N4O4. The molecule has 0 saturated heterocycles. The molecule has 0 fully saturated rings. The predicted molar refractivity (Wildman–Crippen MR) is 60.0 cm³/mol. The van der Waals surface area contributed by atoms with Crippen LogP contribution in [0.15, 0.2) is 24.5 Å². The molecule has 0 aliphatic rings. The van der Waals surface area contributed by atoms with Crippen LogP contribution in [0.1, 0.15) is 16.1 Å². The summed E-state index contributed by atoms with van der Waals surface area (Å²) in [5.41, 5.74) is -2.41. The normalized spacial score (nSPS) is 11.4. The van der Waals surface area contributed by atoms with Gasteiger partial charge in [0.15, 0.2) is 5.82 Å². The van der Waals surface area contributed by atoms with E-state index in [1.54, 1.807) is 0 Å². The van der Waals surface area contributed by atoms with E-state index in [9.17, 15) is 28.1 Å². The van der Waals surface area contributed by atoms with E-state index in [0.717, 1.165) is 12.4 Å². The summed E-state index contributed by atoms with van der Waals surface area (Å²) >= 11 is 0. The molecule has 0 unspecified atom stereocenters. The SMILES string of the molecule is O=C(O)c1ccc(C(F)(F)F)nc1-n1cc([N+](=O)[O-])cn1. The monoisotopic (exact) mass is 302 g/mol. The highest BCUT2D eigenvalue weighted by atomic mass is 19.4. The Balaban J connectivity index is 2.62. The van der Waals surface area contributed by atoms with Gasteiger partial charge in [0.05, 0.1) is 4.92 Å². The number of hydrogen-bond donors (Lipinski definition) is 1. The van der Waals surface area contributed by atoms with E-state index in [2.05, 4.69) is 10.1 Å². The van der Waals surface area contributed by atoms with E-state index >= 15 is 0 Å². The molecule has 1 N–H and O–H groups in total. The Morgan fingerprint density at radius 1 is 1.38 bits per heavy atom. The highest BCUT2D eigenvalue weighted by Crippen LogP contribution is 2.29. The third kappa shape index (κ3) is 2.80. The molecule has 2 rings (SSSR count). The van der Waals surface area contributed by atoms with Crippen molar-refractivity contribution < 1.29 is 28.0 Å². The average molecular weight is 302 g/mol. The van der Waals surface area contributed by atoms with Crippen LogP contribution in [0.25, 0.3) is 5.82 Å². The summed E-state index contributed by atoms with van der Waals surface area (Å²) in [5.74, 6) is -2.20. The molecule has 0 radical (unpaired) electrons. The van der Waals surface area contributed by atoms with Gasteiger partial charge in [-0.15, -0.1) is 0 Å². The standard InChI is InChI=1S/C10H5F3N4O4/c11-10(12,13)7-2-1-6(9(18)19)8(15-7)16-4-5(3-14-16)17(20)21/h1-4H,(H,18,19). The van der Waals surface area contributed by atoms with Crippen molar-refractivity contribution in [3.8, 4) is 5.82 Å². The Hall–Kier alpha value is -2.98. The molecule has 0 amide bonds. The lowest BCUT2D eigenvalue weighted by molar-refractivity contribution is -0.384. The Morgan fingerprint density at radius 2 is 2.05 bits per heavy atom. The summed E-state index contributed by atoms with van der Waals surface area (Å²) in [7, 11) is 0. The van der Waals surface area contributed by atoms with Gasteiger partial charge >= 0.3 is 17.8 Å². The largest absolute Gasteiger partial charge is 0.478 e. The van der Waals surface area contributed by atoms with Gasteiger partial charge in [0, 0.05) is 0 Å². The van der Waals surface area contributed by atoms with Crippen LogP contribution in [0.4, 0.5) is 18.9 Å². The molecule has 8 nitrogen and oxygen atoms in total. The fraction of sp³-hybridized carbons (Fsp3) is 0.100. The molecule has 11 heteroatoms. The van der Waals surface area contributed by atoms with Gasteiger partial charge in [-0.1, -0.05) is 0 Å². The number of rotatable bonds is 3. The van der Waals surface area contributed by atoms with Gasteiger partial charge < -0.3 is 5.11 Å². The number of carboxylic acid groups (broad SMARTS) is 1. The average Bonchev–Trinajstić information content (AvgIpc) is 2.86. The van der Waals surface area contributed by atoms with Gasteiger partial charge in [-0.3, -0.25) is 10.1 Å². The van der Waals surface area contributed by atoms with Crippen molar-refractivity contribution in [1.82, 2.24) is 14.8 Å². The van der Waals surface area contributed by atoms with Crippen LogP contribution in [0.2, 0.25) is 0 Å². The molecule has 0 atom stereocenters. The van der Waals surface area contributed by atoms with E-state index in [-0.39, 0.29) is 0 Å². The molecule has 21 heavy (non-hydrogen) atoms. The van der Waals surface area contributed by atoms with Crippen LogP contribution in [-0.2, 0) is 6.18 Å². The van der Waals surface area contributed by atoms with Crippen LogP contribution in [0, 0.1) is 10.1 Å². The third-order valence-corrected chi connectivity index (χ3v) is 2.39. The van der Waals surface area contributed by atoms with Crippen molar-refractivity contribution in [2.45, 2.75) is 6.18 Å². The van der Waals surface area contributed by atoms with Crippen LogP contribution in [-0.4, -0.2) is 30.8 Å². The lowest BCUT2D eigenvalue weighted by Gasteiger charge is -2.09. The quantitative estimate of drug-likeness (QED) is 0.684. The lowest BCUT2D eigenvalue weighted by Crippen LogP contribution is -2.14. The summed E-state index contributed by atoms with van der Waals surface area (Å²) in [5, 5.41) is 22.9. The first kappa shape index (κ1) is 14.4.